The molecule has 0 radical (unpaired) electrons. The molecule has 1 aliphatic heterocycles. The van der Waals surface area contributed by atoms with Gasteiger partial charge in [0.05, 0.1) is 17.6 Å². The Morgan fingerprint density at radius 3 is 1.85 bits per heavy atom. The molecule has 3 aliphatic rings. The molecule has 2 fully saturated rings. The van der Waals surface area contributed by atoms with Crippen LogP contribution in [0.5, 0.6) is 0 Å². The molecule has 5 aromatic heterocycles. The molecule has 13 nitrogen and oxygen atoms in total. The third kappa shape index (κ3) is 10.9. The summed E-state index contributed by atoms with van der Waals surface area (Å²) in [5.74, 6) is 4.22. The summed E-state index contributed by atoms with van der Waals surface area (Å²) in [7, 11) is 4.12. The van der Waals surface area contributed by atoms with Crippen LogP contribution in [0.15, 0.2) is 133 Å². The van der Waals surface area contributed by atoms with Crippen molar-refractivity contribution in [2.75, 3.05) is 11.9 Å². The Balaban J connectivity index is 0.000000150. The second-order valence-corrected chi connectivity index (χ2v) is 19.2. The van der Waals surface area contributed by atoms with E-state index < -0.39 is 5.82 Å². The van der Waals surface area contributed by atoms with E-state index in [1.165, 1.54) is 43.3 Å². The molecule has 72 heavy (non-hydrogen) atoms. The molecule has 1 amide bonds. The highest BCUT2D eigenvalue weighted by Gasteiger charge is 2.32. The van der Waals surface area contributed by atoms with Crippen molar-refractivity contribution in [1.82, 2.24) is 49.3 Å². The van der Waals surface area contributed by atoms with Gasteiger partial charge >= 0.3 is 0 Å². The summed E-state index contributed by atoms with van der Waals surface area (Å²) < 4.78 is 18.9. The van der Waals surface area contributed by atoms with Crippen molar-refractivity contribution in [2.24, 2.45) is 14.1 Å². The highest BCUT2D eigenvalue weighted by Crippen LogP contribution is 2.41. The van der Waals surface area contributed by atoms with Crippen LogP contribution in [0.4, 0.5) is 15.9 Å². The van der Waals surface area contributed by atoms with Crippen molar-refractivity contribution in [3.63, 3.8) is 0 Å². The van der Waals surface area contributed by atoms with E-state index in [2.05, 4.69) is 102 Å². The quantitative estimate of drug-likeness (QED) is 0.135. The SMILES string of the molecule is CC.Cc1ccc2c(=O)[nH]ccc2c1.Cc1ccnc(-c2ccc(-c3cn(C)c(C4CC4)n3)cc2)n1.Cn1cc(-c2ccc(-c3ncc(F)c(Nc4ccc5c(c4)C(C)(C)CNC5=O)n3)cc2)nc1C1CC1. The van der Waals surface area contributed by atoms with Gasteiger partial charge in [-0.2, -0.15) is 0 Å². The molecule has 3 N–H and O–H groups in total. The maximum atomic E-state index is 14.7. The van der Waals surface area contributed by atoms with Gasteiger partial charge in [0.25, 0.3) is 11.5 Å². The molecule has 0 bridgehead atoms. The van der Waals surface area contributed by atoms with Crippen LogP contribution < -0.4 is 16.2 Å². The monoisotopic (exact) mass is 961 g/mol. The number of carbonyl (C=O) groups excluding carboxylic acids is 1. The van der Waals surface area contributed by atoms with Crippen molar-refractivity contribution in [3.8, 4) is 45.3 Å². The molecule has 366 valence electrons. The van der Waals surface area contributed by atoms with Crippen molar-refractivity contribution >= 4 is 28.2 Å². The number of nitrogens with zero attached hydrogens (tertiary/aromatic N) is 8. The Kier molecular flexibility index (Phi) is 14.0. The predicted octanol–water partition coefficient (Wildman–Crippen LogP) is 11.9. The number of hydrogen-bond acceptors (Lipinski definition) is 9. The van der Waals surface area contributed by atoms with Crippen LogP contribution in [-0.4, -0.2) is 56.5 Å². The van der Waals surface area contributed by atoms with Gasteiger partial charge in [-0.3, -0.25) is 9.59 Å². The van der Waals surface area contributed by atoms with Gasteiger partial charge in [0.15, 0.2) is 23.3 Å². The summed E-state index contributed by atoms with van der Waals surface area (Å²) in [6.45, 7) is 12.7. The number of aryl methyl sites for hydroxylation is 4. The van der Waals surface area contributed by atoms with Crippen molar-refractivity contribution < 1.29 is 9.18 Å². The fourth-order valence-electron chi connectivity index (χ4n) is 8.76. The summed E-state index contributed by atoms with van der Waals surface area (Å²) in [4.78, 5) is 53.2. The van der Waals surface area contributed by atoms with Gasteiger partial charge < -0.3 is 24.8 Å². The van der Waals surface area contributed by atoms with Gasteiger partial charge in [0.1, 0.15) is 11.6 Å². The molecule has 9 aromatic rings. The Hall–Kier alpha value is -8.13. The molecule has 2 saturated carbocycles. The molecule has 0 unspecified atom stereocenters. The number of aromatic nitrogens is 9. The number of H-pyrrole nitrogens is 1. The van der Waals surface area contributed by atoms with E-state index >= 15 is 0 Å². The van der Waals surface area contributed by atoms with E-state index in [0.717, 1.165) is 67.3 Å². The molecule has 2 aliphatic carbocycles. The topological polar surface area (TPSA) is 161 Å². The minimum atomic E-state index is -0.550. The van der Waals surface area contributed by atoms with E-state index in [9.17, 15) is 14.0 Å². The van der Waals surface area contributed by atoms with Gasteiger partial charge in [-0.15, -0.1) is 0 Å². The zero-order chi connectivity index (χ0) is 50.7. The summed E-state index contributed by atoms with van der Waals surface area (Å²) in [5.41, 5.74) is 10.1. The molecule has 4 aromatic carbocycles. The van der Waals surface area contributed by atoms with E-state index in [-0.39, 0.29) is 22.7 Å². The number of aromatic amines is 1. The lowest BCUT2D eigenvalue weighted by molar-refractivity contribution is 0.0930. The zero-order valence-corrected chi connectivity index (χ0v) is 42.1. The number of amides is 1. The molecule has 14 heteroatoms. The summed E-state index contributed by atoms with van der Waals surface area (Å²) in [5, 5.41) is 7.74. The largest absolute Gasteiger partial charge is 0.351 e. The number of pyridine rings is 1. The molecular weight excluding hydrogens is 902 g/mol. The van der Waals surface area contributed by atoms with Crippen LogP contribution in [0.1, 0.15) is 104 Å². The fraction of sp³-hybridized carbons (Fsp3) is 0.276. The van der Waals surface area contributed by atoms with E-state index in [0.29, 0.717) is 35.5 Å². The lowest BCUT2D eigenvalue weighted by Crippen LogP contribution is -2.43. The number of nitrogens with one attached hydrogen (secondary N) is 3. The Morgan fingerprint density at radius 1 is 0.681 bits per heavy atom. The zero-order valence-electron chi connectivity index (χ0n) is 42.1. The van der Waals surface area contributed by atoms with Crippen LogP contribution in [0, 0.1) is 19.7 Å². The van der Waals surface area contributed by atoms with Crippen LogP contribution in [0.2, 0.25) is 0 Å². The second kappa shape index (κ2) is 20.7. The summed E-state index contributed by atoms with van der Waals surface area (Å²) in [6, 6.07) is 31.2. The van der Waals surface area contributed by atoms with Gasteiger partial charge in [-0.1, -0.05) is 93.9 Å². The van der Waals surface area contributed by atoms with E-state index in [1.54, 1.807) is 24.5 Å². The Labute approximate surface area is 419 Å². The lowest BCUT2D eigenvalue weighted by Gasteiger charge is -2.32. The first-order valence-electron chi connectivity index (χ1n) is 24.6. The highest BCUT2D eigenvalue weighted by molar-refractivity contribution is 5.98. The standard InChI is InChI=1S/C28H27FN6O.C18H18N4.C10H9NO.C2H6/c1-28(2)15-31-27(36)20-11-10-19(12-21(20)28)32-25-22(29)13-30-24(34-25)17-6-4-16(5-7-17)23-14-35(3)26(33-23)18-8-9-18;1-12-9-10-19-17(20-12)14-5-3-13(4-6-14)16-11-22(2)18(21-16)15-7-8-15;1-7-2-3-9-8(6-7)4-5-11-10(9)12;1-2/h4-7,10-14,18H,8-9,15H2,1-3H3,(H,31,36)(H,30,32,34);3-6,9-11,15H,7-8H2,1-2H3;2-6H,1H3,(H,11,12);1-2H3. The van der Waals surface area contributed by atoms with Gasteiger partial charge in [0, 0.05) is 107 Å². The molecular formula is C58H60FN11O2. The van der Waals surface area contributed by atoms with E-state index in [1.807, 2.05) is 95.4 Å². The van der Waals surface area contributed by atoms with Crippen LogP contribution >= 0.6 is 0 Å². The van der Waals surface area contributed by atoms with Crippen molar-refractivity contribution in [1.29, 1.82) is 0 Å². The average molecular weight is 962 g/mol. The molecule has 12 rings (SSSR count). The van der Waals surface area contributed by atoms with Crippen molar-refractivity contribution in [2.45, 2.75) is 84.5 Å². The summed E-state index contributed by atoms with van der Waals surface area (Å²) in [6.07, 6.45) is 13.8. The third-order valence-corrected chi connectivity index (χ3v) is 13.0. The number of rotatable bonds is 8. The minimum Gasteiger partial charge on any atom is -0.351 e. The number of fused-ring (bicyclic) bond motifs is 2. The lowest BCUT2D eigenvalue weighted by atomic mass is 9.79. The Morgan fingerprint density at radius 2 is 1.26 bits per heavy atom. The maximum absolute atomic E-state index is 14.7. The van der Waals surface area contributed by atoms with Gasteiger partial charge in [-0.05, 0) is 86.9 Å². The van der Waals surface area contributed by atoms with E-state index in [4.69, 9.17) is 9.97 Å². The molecule has 0 atom stereocenters. The van der Waals surface area contributed by atoms with Crippen LogP contribution in [-0.2, 0) is 19.5 Å². The maximum Gasteiger partial charge on any atom is 0.255 e. The Bertz CT molecular complexity index is 3460. The highest BCUT2D eigenvalue weighted by atomic mass is 19.1. The van der Waals surface area contributed by atoms with Crippen LogP contribution in [0.25, 0.3) is 56.1 Å². The average Bonchev–Trinajstić information content (AvgIpc) is 4.34. The summed E-state index contributed by atoms with van der Waals surface area (Å²) >= 11 is 0. The smallest absolute Gasteiger partial charge is 0.255 e. The fourth-order valence-corrected chi connectivity index (χ4v) is 8.76. The minimum absolute atomic E-state index is 0.0208. The normalized spacial score (nSPS) is 14.4. The van der Waals surface area contributed by atoms with Gasteiger partial charge in [-0.25, -0.2) is 34.3 Å². The second-order valence-electron chi connectivity index (χ2n) is 19.2. The third-order valence-electron chi connectivity index (χ3n) is 13.0. The number of anilines is 2. The molecule has 0 spiro atoms. The first kappa shape index (κ1) is 48.9. The molecule has 0 saturated heterocycles. The van der Waals surface area contributed by atoms with Crippen LogP contribution in [0.3, 0.4) is 0 Å². The number of halogens is 1. The first-order chi connectivity index (χ1) is 34.8. The van der Waals surface area contributed by atoms with Gasteiger partial charge in [0.2, 0.25) is 0 Å². The number of hydrogen-bond donors (Lipinski definition) is 3. The number of imidazole rings is 2. The number of benzene rings is 4. The predicted molar refractivity (Wildman–Crippen MR) is 284 cm³/mol. The number of carbonyl (C=O) groups is 1. The first-order valence-corrected chi connectivity index (χ1v) is 24.6. The molecule has 6 heterocycles. The van der Waals surface area contributed by atoms with Crippen molar-refractivity contribution in [3.05, 3.63) is 178 Å².